The van der Waals surface area contributed by atoms with E-state index in [-0.39, 0.29) is 17.9 Å². The number of aliphatic hydroxyl groups excluding tert-OH is 1. The number of halogens is 2. The molecule has 0 fully saturated rings. The van der Waals surface area contributed by atoms with Crippen molar-refractivity contribution >= 4 is 44.9 Å². The third-order valence-corrected chi connectivity index (χ3v) is 5.63. The second-order valence-electron chi connectivity index (χ2n) is 5.28. The fraction of sp³-hybridized carbons (Fsp3) is 0.250. The molecule has 1 N–H and O–H groups in total. The molecule has 1 atom stereocenters. The molecule has 0 aliphatic rings. The quantitative estimate of drug-likeness (QED) is 0.535. The Hall–Kier alpha value is -1.41. The maximum atomic E-state index is 13.9. The molecule has 0 radical (unpaired) electrons. The van der Waals surface area contributed by atoms with Gasteiger partial charge in [0.05, 0.1) is 18.2 Å². The van der Waals surface area contributed by atoms with Gasteiger partial charge in [0.2, 0.25) is 0 Å². The van der Waals surface area contributed by atoms with Gasteiger partial charge in [-0.25, -0.2) is 9.37 Å². The Labute approximate surface area is 150 Å². The average molecular weight is 385 g/mol. The molecule has 0 aliphatic heterocycles. The van der Waals surface area contributed by atoms with E-state index in [9.17, 15) is 14.3 Å². The van der Waals surface area contributed by atoms with Crippen molar-refractivity contribution in [1.29, 1.82) is 0 Å². The first kappa shape index (κ1) is 17.4. The molecule has 2 heterocycles. The Balaban J connectivity index is 2.00. The lowest BCUT2D eigenvalue weighted by atomic mass is 10.2. The van der Waals surface area contributed by atoms with Gasteiger partial charge in [0.25, 0.3) is 5.56 Å². The first-order chi connectivity index (χ1) is 11.5. The highest BCUT2D eigenvalue weighted by atomic mass is 35.5. The number of fused-ring (bicyclic) bond motifs is 1. The Kier molecular flexibility index (Phi) is 5.24. The van der Waals surface area contributed by atoms with Gasteiger partial charge >= 0.3 is 0 Å². The van der Waals surface area contributed by atoms with Gasteiger partial charge in [-0.3, -0.25) is 9.36 Å². The van der Waals surface area contributed by atoms with Crippen LogP contribution in [0.15, 0.2) is 39.6 Å². The summed E-state index contributed by atoms with van der Waals surface area (Å²) in [6.45, 7) is 1.74. The van der Waals surface area contributed by atoms with Crippen LogP contribution in [0.3, 0.4) is 0 Å². The second kappa shape index (κ2) is 7.23. The van der Waals surface area contributed by atoms with Crippen molar-refractivity contribution in [3.63, 3.8) is 0 Å². The van der Waals surface area contributed by atoms with E-state index in [0.29, 0.717) is 26.0 Å². The molecule has 0 spiro atoms. The van der Waals surface area contributed by atoms with Crippen LogP contribution < -0.4 is 5.56 Å². The van der Waals surface area contributed by atoms with Gasteiger partial charge in [-0.2, -0.15) is 0 Å². The molecule has 1 aromatic carbocycles. The predicted molar refractivity (Wildman–Crippen MR) is 96.5 cm³/mol. The van der Waals surface area contributed by atoms with Crippen molar-refractivity contribution in [2.75, 3.05) is 0 Å². The van der Waals surface area contributed by atoms with Crippen LogP contribution in [0.5, 0.6) is 0 Å². The summed E-state index contributed by atoms with van der Waals surface area (Å²) in [5, 5.41) is 12.2. The topological polar surface area (TPSA) is 55.1 Å². The van der Waals surface area contributed by atoms with E-state index in [2.05, 4.69) is 4.98 Å². The monoisotopic (exact) mass is 384 g/mol. The lowest BCUT2D eigenvalue weighted by molar-refractivity contribution is 0.168. The van der Waals surface area contributed by atoms with Crippen LogP contribution in [-0.4, -0.2) is 20.8 Å². The summed E-state index contributed by atoms with van der Waals surface area (Å²) in [6.07, 6.45) is -0.696. The number of rotatable bonds is 5. The summed E-state index contributed by atoms with van der Waals surface area (Å²) in [5.41, 5.74) is 0.777. The molecule has 0 bridgehead atoms. The number of aromatic nitrogens is 2. The highest BCUT2D eigenvalue weighted by Gasteiger charge is 2.16. The smallest absolute Gasteiger partial charge is 0.272 e. The number of benzene rings is 1. The molecule has 24 heavy (non-hydrogen) atoms. The summed E-state index contributed by atoms with van der Waals surface area (Å²) in [6, 6.07) is 6.29. The first-order valence-electron chi connectivity index (χ1n) is 7.19. The average Bonchev–Trinajstić information content (AvgIpc) is 2.98. The minimum atomic E-state index is -0.696. The van der Waals surface area contributed by atoms with Crippen LogP contribution >= 0.6 is 34.7 Å². The summed E-state index contributed by atoms with van der Waals surface area (Å²) < 4.78 is 15.9. The van der Waals surface area contributed by atoms with Gasteiger partial charge in [-0.05, 0) is 30.5 Å². The minimum Gasteiger partial charge on any atom is -0.392 e. The van der Waals surface area contributed by atoms with Gasteiger partial charge in [-0.15, -0.1) is 11.3 Å². The molecule has 4 nitrogen and oxygen atoms in total. The lowest BCUT2D eigenvalue weighted by Crippen LogP contribution is -2.27. The third-order valence-electron chi connectivity index (χ3n) is 3.38. The second-order valence-corrected chi connectivity index (χ2v) is 7.55. The molecule has 0 saturated heterocycles. The van der Waals surface area contributed by atoms with Crippen LogP contribution in [0, 0.1) is 5.82 Å². The van der Waals surface area contributed by atoms with Crippen LogP contribution in [0.25, 0.3) is 10.2 Å². The summed E-state index contributed by atoms with van der Waals surface area (Å²) in [7, 11) is 0. The fourth-order valence-electron chi connectivity index (χ4n) is 2.27. The van der Waals surface area contributed by atoms with E-state index in [1.54, 1.807) is 30.5 Å². The Morgan fingerprint density at radius 1 is 1.46 bits per heavy atom. The molecule has 3 rings (SSSR count). The molecule has 8 heteroatoms. The Morgan fingerprint density at radius 3 is 2.96 bits per heavy atom. The van der Waals surface area contributed by atoms with Crippen molar-refractivity contribution in [2.24, 2.45) is 0 Å². The van der Waals surface area contributed by atoms with E-state index in [1.807, 2.05) is 0 Å². The Morgan fingerprint density at radius 2 is 2.25 bits per heavy atom. The highest BCUT2D eigenvalue weighted by Crippen LogP contribution is 2.28. The number of hydrogen-bond acceptors (Lipinski definition) is 5. The van der Waals surface area contributed by atoms with Crippen molar-refractivity contribution in [3.05, 3.63) is 56.4 Å². The zero-order valence-electron chi connectivity index (χ0n) is 12.7. The summed E-state index contributed by atoms with van der Waals surface area (Å²) in [4.78, 5) is 17.1. The van der Waals surface area contributed by atoms with Crippen LogP contribution in [-0.2, 0) is 12.3 Å². The SMILES string of the molecule is CC(O)Cn1c(SCc2c(F)cccc2Cl)nc2ccsc2c1=O. The van der Waals surface area contributed by atoms with Gasteiger partial charge in [0.1, 0.15) is 10.5 Å². The molecule has 0 amide bonds. The number of hydrogen-bond donors (Lipinski definition) is 1. The van der Waals surface area contributed by atoms with E-state index >= 15 is 0 Å². The van der Waals surface area contributed by atoms with E-state index < -0.39 is 11.9 Å². The lowest BCUT2D eigenvalue weighted by Gasteiger charge is -2.14. The summed E-state index contributed by atoms with van der Waals surface area (Å²) in [5.74, 6) is -0.149. The Bertz CT molecular complexity index is 919. The van der Waals surface area contributed by atoms with Gasteiger partial charge in [0, 0.05) is 16.3 Å². The number of thiophene rings is 1. The zero-order valence-corrected chi connectivity index (χ0v) is 15.1. The molecule has 0 aliphatic carbocycles. The fourth-order valence-corrected chi connectivity index (χ4v) is 4.40. The van der Waals surface area contributed by atoms with Crippen molar-refractivity contribution in [2.45, 2.75) is 30.5 Å². The summed E-state index contributed by atoms with van der Waals surface area (Å²) >= 11 is 8.59. The van der Waals surface area contributed by atoms with Gasteiger partial charge in [0.15, 0.2) is 5.16 Å². The van der Waals surface area contributed by atoms with Crippen LogP contribution in [0.1, 0.15) is 12.5 Å². The van der Waals surface area contributed by atoms with E-state index in [4.69, 9.17) is 11.6 Å². The molecule has 126 valence electrons. The predicted octanol–water partition coefficient (Wildman–Crippen LogP) is 3.92. The highest BCUT2D eigenvalue weighted by molar-refractivity contribution is 7.98. The standard InChI is InChI=1S/C16H14ClFN2O2S2/c1-9(21)7-20-15(22)14-13(5-6-23-14)19-16(20)24-8-10-11(17)3-2-4-12(10)18/h2-6,9,21H,7-8H2,1H3. The third kappa shape index (κ3) is 3.49. The van der Waals surface area contributed by atoms with E-state index in [0.717, 1.165) is 0 Å². The van der Waals surface area contributed by atoms with E-state index in [1.165, 1.54) is 33.7 Å². The maximum Gasteiger partial charge on any atom is 0.272 e. The number of thioether (sulfide) groups is 1. The van der Waals surface area contributed by atoms with Crippen molar-refractivity contribution < 1.29 is 9.50 Å². The molecule has 1 unspecified atom stereocenters. The van der Waals surface area contributed by atoms with Gasteiger partial charge < -0.3 is 5.11 Å². The van der Waals surface area contributed by atoms with Crippen LogP contribution in [0.2, 0.25) is 5.02 Å². The number of nitrogens with zero attached hydrogens (tertiary/aromatic N) is 2. The maximum absolute atomic E-state index is 13.9. The number of aliphatic hydroxyl groups is 1. The van der Waals surface area contributed by atoms with Crippen molar-refractivity contribution in [1.82, 2.24) is 9.55 Å². The first-order valence-corrected chi connectivity index (χ1v) is 9.43. The molecular formula is C16H14ClFN2O2S2. The molecule has 3 aromatic rings. The van der Waals surface area contributed by atoms with Gasteiger partial charge in [-0.1, -0.05) is 29.4 Å². The van der Waals surface area contributed by atoms with Crippen molar-refractivity contribution in [3.8, 4) is 0 Å². The minimum absolute atomic E-state index is 0.132. The molecule has 2 aromatic heterocycles. The molecule has 0 saturated carbocycles. The molecular weight excluding hydrogens is 371 g/mol. The normalized spacial score (nSPS) is 12.7. The largest absolute Gasteiger partial charge is 0.392 e. The van der Waals surface area contributed by atoms with Crippen LogP contribution in [0.4, 0.5) is 4.39 Å². The zero-order chi connectivity index (χ0) is 17.3.